The number of rotatable bonds is 6. The van der Waals surface area contributed by atoms with Gasteiger partial charge in [0, 0.05) is 12.1 Å². The third kappa shape index (κ3) is 3.97. The third-order valence-electron chi connectivity index (χ3n) is 3.87. The van der Waals surface area contributed by atoms with Gasteiger partial charge in [0.05, 0.1) is 16.7 Å². The predicted octanol–water partition coefficient (Wildman–Crippen LogP) is 4.01. The van der Waals surface area contributed by atoms with Gasteiger partial charge in [-0.15, -0.1) is 11.6 Å². The van der Waals surface area contributed by atoms with E-state index in [4.69, 9.17) is 22.7 Å². The second-order valence-corrected chi connectivity index (χ2v) is 6.15. The Balaban J connectivity index is 1.83. The predicted molar refractivity (Wildman–Crippen MR) is 102 cm³/mol. The van der Waals surface area contributed by atoms with Crippen LogP contribution in [0.5, 0.6) is 0 Å². The monoisotopic (exact) mass is 369 g/mol. The third-order valence-corrected chi connectivity index (χ3v) is 4.28. The number of halogens is 2. The summed E-state index contributed by atoms with van der Waals surface area (Å²) in [6.45, 7) is 0.395. The molecule has 5 nitrogen and oxygen atoms in total. The van der Waals surface area contributed by atoms with E-state index in [9.17, 15) is 4.39 Å². The summed E-state index contributed by atoms with van der Waals surface area (Å²) < 4.78 is 13.1. The minimum absolute atomic E-state index is 0.108. The van der Waals surface area contributed by atoms with Gasteiger partial charge < -0.3 is 11.1 Å². The number of hydrogen-bond acceptors (Lipinski definition) is 5. The number of nitrogens with zero attached hydrogens (tertiary/aromatic N) is 2. The van der Waals surface area contributed by atoms with Gasteiger partial charge in [0.15, 0.2) is 0 Å². The summed E-state index contributed by atoms with van der Waals surface area (Å²) in [5, 5.41) is 11.3. The number of benzene rings is 2. The standard InChI is InChI=1S/C19H17ClFN5/c20-15(12-4-2-1-3-5-12)10-24-19-16(18(23)25-11-26-19)17(22)13-6-8-14(21)9-7-13/h1-9,11,15,22H,10H2,(H3,23,24,25,26). The zero-order valence-electron chi connectivity index (χ0n) is 13.8. The van der Waals surface area contributed by atoms with Gasteiger partial charge in [0.25, 0.3) is 0 Å². The van der Waals surface area contributed by atoms with E-state index in [-0.39, 0.29) is 22.7 Å². The molecule has 0 bridgehead atoms. The van der Waals surface area contributed by atoms with Gasteiger partial charge in [-0.05, 0) is 29.8 Å². The molecule has 0 aliphatic heterocycles. The van der Waals surface area contributed by atoms with Gasteiger partial charge in [0.2, 0.25) is 0 Å². The quantitative estimate of drug-likeness (QED) is 0.452. The summed E-state index contributed by atoms with van der Waals surface area (Å²) in [7, 11) is 0. The van der Waals surface area contributed by atoms with Crippen LogP contribution in [-0.2, 0) is 0 Å². The van der Waals surface area contributed by atoms with Crippen molar-refractivity contribution in [1.82, 2.24) is 9.97 Å². The molecule has 2 aromatic carbocycles. The van der Waals surface area contributed by atoms with Gasteiger partial charge in [0.1, 0.15) is 23.8 Å². The second kappa shape index (κ2) is 7.93. The van der Waals surface area contributed by atoms with Crippen LogP contribution >= 0.6 is 11.6 Å². The maximum absolute atomic E-state index is 13.1. The highest BCUT2D eigenvalue weighted by atomic mass is 35.5. The number of anilines is 2. The van der Waals surface area contributed by atoms with Crippen molar-refractivity contribution < 1.29 is 4.39 Å². The van der Waals surface area contributed by atoms with Crippen LogP contribution in [0.4, 0.5) is 16.0 Å². The Kier molecular flexibility index (Phi) is 5.43. The summed E-state index contributed by atoms with van der Waals surface area (Å²) in [6.07, 6.45) is 1.32. The zero-order valence-corrected chi connectivity index (χ0v) is 14.5. The molecule has 1 unspecified atom stereocenters. The van der Waals surface area contributed by atoms with Crippen LogP contribution in [0.3, 0.4) is 0 Å². The fourth-order valence-electron chi connectivity index (χ4n) is 2.51. The molecule has 0 aliphatic carbocycles. The van der Waals surface area contributed by atoms with Gasteiger partial charge in [-0.3, -0.25) is 5.41 Å². The topological polar surface area (TPSA) is 87.7 Å². The van der Waals surface area contributed by atoms with Crippen molar-refractivity contribution in [2.75, 3.05) is 17.6 Å². The lowest BCUT2D eigenvalue weighted by Gasteiger charge is -2.16. The van der Waals surface area contributed by atoms with Crippen LogP contribution < -0.4 is 11.1 Å². The highest BCUT2D eigenvalue weighted by molar-refractivity contribution is 6.21. The molecule has 0 amide bonds. The summed E-state index contributed by atoms with van der Waals surface area (Å²) >= 11 is 6.43. The largest absolute Gasteiger partial charge is 0.383 e. The first-order valence-electron chi connectivity index (χ1n) is 7.94. The van der Waals surface area contributed by atoms with Crippen molar-refractivity contribution in [3.8, 4) is 0 Å². The summed E-state index contributed by atoms with van der Waals surface area (Å²) in [6, 6.07) is 15.3. The van der Waals surface area contributed by atoms with Crippen molar-refractivity contribution in [2.45, 2.75) is 5.38 Å². The molecule has 26 heavy (non-hydrogen) atoms. The van der Waals surface area contributed by atoms with Crippen molar-refractivity contribution in [3.05, 3.63) is 83.4 Å². The van der Waals surface area contributed by atoms with Crippen LogP contribution in [0.2, 0.25) is 0 Å². The van der Waals surface area contributed by atoms with Crippen LogP contribution in [-0.4, -0.2) is 22.2 Å². The number of nitrogens with one attached hydrogen (secondary N) is 2. The molecule has 4 N–H and O–H groups in total. The van der Waals surface area contributed by atoms with E-state index in [0.29, 0.717) is 23.5 Å². The lowest BCUT2D eigenvalue weighted by molar-refractivity contribution is 0.628. The van der Waals surface area contributed by atoms with Gasteiger partial charge >= 0.3 is 0 Å². The summed E-state index contributed by atoms with van der Waals surface area (Å²) in [5.41, 5.74) is 7.92. The Bertz CT molecular complexity index is 900. The SMILES string of the molecule is N=C(c1ccc(F)cc1)c1c(N)ncnc1NCC(Cl)c1ccccc1. The van der Waals surface area contributed by atoms with Crippen LogP contribution in [0.25, 0.3) is 0 Å². The average Bonchev–Trinajstić information content (AvgIpc) is 2.67. The fourth-order valence-corrected chi connectivity index (χ4v) is 2.73. The molecular weight excluding hydrogens is 353 g/mol. The Hall–Kier alpha value is -2.99. The van der Waals surface area contributed by atoms with Crippen molar-refractivity contribution in [2.24, 2.45) is 0 Å². The maximum Gasteiger partial charge on any atom is 0.141 e. The Morgan fingerprint density at radius 3 is 2.50 bits per heavy atom. The molecule has 0 saturated heterocycles. The fraction of sp³-hybridized carbons (Fsp3) is 0.105. The highest BCUT2D eigenvalue weighted by Crippen LogP contribution is 2.24. The van der Waals surface area contributed by atoms with E-state index in [1.807, 2.05) is 30.3 Å². The molecule has 0 radical (unpaired) electrons. The Labute approximate surface area is 155 Å². The number of nitrogens with two attached hydrogens (primary N) is 1. The molecule has 3 rings (SSSR count). The average molecular weight is 370 g/mol. The molecule has 7 heteroatoms. The number of nitrogen functional groups attached to an aromatic ring is 1. The molecule has 3 aromatic rings. The van der Waals surface area contributed by atoms with E-state index < -0.39 is 0 Å². The summed E-state index contributed by atoms with van der Waals surface area (Å²) in [5.74, 6) is 0.209. The molecule has 132 valence electrons. The first kappa shape index (κ1) is 17.8. The van der Waals surface area contributed by atoms with Gasteiger partial charge in [-0.25, -0.2) is 14.4 Å². The van der Waals surface area contributed by atoms with Crippen LogP contribution in [0, 0.1) is 11.2 Å². The lowest BCUT2D eigenvalue weighted by Crippen LogP contribution is -2.16. The lowest BCUT2D eigenvalue weighted by atomic mass is 10.0. The summed E-state index contributed by atoms with van der Waals surface area (Å²) in [4.78, 5) is 8.16. The Morgan fingerprint density at radius 1 is 1.12 bits per heavy atom. The molecule has 1 aromatic heterocycles. The maximum atomic E-state index is 13.1. The zero-order chi connectivity index (χ0) is 18.5. The number of alkyl halides is 1. The van der Waals surface area contributed by atoms with Crippen LogP contribution in [0.1, 0.15) is 22.1 Å². The van der Waals surface area contributed by atoms with Gasteiger partial charge in [-0.1, -0.05) is 30.3 Å². The minimum atomic E-state index is -0.370. The smallest absolute Gasteiger partial charge is 0.141 e. The van der Waals surface area contributed by atoms with Crippen molar-refractivity contribution in [3.63, 3.8) is 0 Å². The van der Waals surface area contributed by atoms with Gasteiger partial charge in [-0.2, -0.15) is 0 Å². The normalized spacial score (nSPS) is 11.8. The first-order valence-corrected chi connectivity index (χ1v) is 8.38. The first-order chi connectivity index (χ1) is 12.6. The van der Waals surface area contributed by atoms with E-state index in [0.717, 1.165) is 5.56 Å². The van der Waals surface area contributed by atoms with E-state index in [2.05, 4.69) is 15.3 Å². The van der Waals surface area contributed by atoms with Crippen molar-refractivity contribution >= 4 is 28.9 Å². The molecule has 0 fully saturated rings. The van der Waals surface area contributed by atoms with E-state index >= 15 is 0 Å². The molecule has 1 heterocycles. The molecule has 0 saturated carbocycles. The highest BCUT2D eigenvalue weighted by Gasteiger charge is 2.17. The Morgan fingerprint density at radius 2 is 1.81 bits per heavy atom. The molecular formula is C19H17ClFN5. The number of hydrogen-bond donors (Lipinski definition) is 3. The number of aromatic nitrogens is 2. The molecule has 1 atom stereocenters. The molecule has 0 spiro atoms. The molecule has 0 aliphatic rings. The van der Waals surface area contributed by atoms with Crippen molar-refractivity contribution in [1.29, 1.82) is 5.41 Å². The minimum Gasteiger partial charge on any atom is -0.383 e. The van der Waals surface area contributed by atoms with E-state index in [1.165, 1.54) is 30.6 Å². The second-order valence-electron chi connectivity index (χ2n) is 5.62. The van der Waals surface area contributed by atoms with Crippen LogP contribution in [0.15, 0.2) is 60.9 Å². The van der Waals surface area contributed by atoms with E-state index in [1.54, 1.807) is 0 Å².